The number of nitrogens with zero attached hydrogens (tertiary/aromatic N) is 1. The monoisotopic (exact) mass is 355 g/mol. The van der Waals surface area contributed by atoms with Crippen LogP contribution in [0.5, 0.6) is 11.5 Å². The van der Waals surface area contributed by atoms with Gasteiger partial charge in [-0.2, -0.15) is 0 Å². The molecule has 0 saturated carbocycles. The average Bonchev–Trinajstić information content (AvgIpc) is 2.65. The summed E-state index contributed by atoms with van der Waals surface area (Å²) in [6.45, 7) is 8.86. The molecule has 0 aromatic heterocycles. The third-order valence-corrected chi connectivity index (χ3v) is 10.9. The molecule has 0 atom stereocenters. The van der Waals surface area contributed by atoms with Gasteiger partial charge in [-0.15, -0.1) is 0 Å². The molecule has 2 rings (SSSR count). The molecule has 1 N–H and O–H groups in total. The zero-order chi connectivity index (χ0) is 18.4. The van der Waals surface area contributed by atoms with Crippen molar-refractivity contribution in [2.75, 3.05) is 7.11 Å². The fraction of sp³-hybridized carbons (Fsp3) is 0.381. The number of aromatic hydroxyl groups is 1. The zero-order valence-electron chi connectivity index (χ0n) is 16.0. The number of rotatable bonds is 7. The van der Waals surface area contributed by atoms with E-state index in [4.69, 9.17) is 4.74 Å². The van der Waals surface area contributed by atoms with E-state index in [9.17, 15) is 5.11 Å². The van der Waals surface area contributed by atoms with E-state index >= 15 is 0 Å². The number of phenols is 1. The fourth-order valence-corrected chi connectivity index (χ4v) is 7.27. The topological polar surface area (TPSA) is 41.8 Å². The summed E-state index contributed by atoms with van der Waals surface area (Å²) in [5, 5.41) is 12.1. The van der Waals surface area contributed by atoms with Gasteiger partial charge in [0.05, 0.1) is 20.9 Å². The summed E-state index contributed by atoms with van der Waals surface area (Å²) in [5.74, 6) is 1.23. The Morgan fingerprint density at radius 1 is 1.04 bits per heavy atom. The van der Waals surface area contributed by atoms with Crippen LogP contribution in [-0.2, 0) is 0 Å². The van der Waals surface area contributed by atoms with E-state index in [1.165, 1.54) is 10.8 Å². The Kier molecular flexibility index (Phi) is 6.43. The van der Waals surface area contributed by atoms with E-state index < -0.39 is 8.07 Å². The molecule has 25 heavy (non-hydrogen) atoms. The summed E-state index contributed by atoms with van der Waals surface area (Å²) in [5.41, 5.74) is 2.82. The minimum absolute atomic E-state index is 0.417. The van der Waals surface area contributed by atoms with Crippen LogP contribution in [-0.4, -0.2) is 26.5 Å². The van der Waals surface area contributed by atoms with Gasteiger partial charge in [-0.25, -0.2) is 0 Å². The number of hydrogen-bond donors (Lipinski definition) is 1. The van der Waals surface area contributed by atoms with Crippen molar-refractivity contribution in [3.63, 3.8) is 0 Å². The van der Waals surface area contributed by atoms with Crippen LogP contribution >= 0.6 is 0 Å². The van der Waals surface area contributed by atoms with E-state index in [0.717, 1.165) is 35.1 Å². The minimum atomic E-state index is -1.65. The molecule has 2 aromatic rings. The summed E-state index contributed by atoms with van der Waals surface area (Å²) < 4.78 is 5.17. The zero-order valence-corrected chi connectivity index (χ0v) is 17.0. The highest BCUT2D eigenvalue weighted by molar-refractivity contribution is 6.92. The fourth-order valence-electron chi connectivity index (χ4n) is 3.44. The van der Waals surface area contributed by atoms with E-state index in [1.807, 2.05) is 30.3 Å². The van der Waals surface area contributed by atoms with Crippen molar-refractivity contribution in [3.8, 4) is 11.5 Å². The lowest BCUT2D eigenvalue weighted by molar-refractivity contribution is 0.415. The first-order chi connectivity index (χ1) is 12.0. The predicted octanol–water partition coefficient (Wildman–Crippen LogP) is 5.18. The molecule has 0 amide bonds. The maximum absolute atomic E-state index is 10.9. The minimum Gasteiger partial charge on any atom is -0.507 e. The second-order valence-corrected chi connectivity index (χ2v) is 11.8. The van der Waals surface area contributed by atoms with Crippen LogP contribution in [0.15, 0.2) is 41.4 Å². The van der Waals surface area contributed by atoms with E-state index in [-0.39, 0.29) is 0 Å². The lowest BCUT2D eigenvalue weighted by Gasteiger charge is -2.30. The summed E-state index contributed by atoms with van der Waals surface area (Å²) in [4.78, 5) is 4.53. The Morgan fingerprint density at radius 3 is 2.16 bits per heavy atom. The average molecular weight is 356 g/mol. The molecule has 0 aliphatic heterocycles. The second kappa shape index (κ2) is 8.34. The maximum Gasteiger partial charge on any atom is 0.123 e. The number of hydrogen-bond acceptors (Lipinski definition) is 3. The van der Waals surface area contributed by atoms with E-state index in [0.29, 0.717) is 5.75 Å². The van der Waals surface area contributed by atoms with Gasteiger partial charge in [0.2, 0.25) is 0 Å². The normalized spacial score (nSPS) is 11.9. The summed E-state index contributed by atoms with van der Waals surface area (Å²) >= 11 is 0. The van der Waals surface area contributed by atoms with Crippen molar-refractivity contribution >= 4 is 25.2 Å². The van der Waals surface area contributed by atoms with Crippen LogP contribution in [0.25, 0.3) is 0 Å². The first-order valence-electron chi connectivity index (χ1n) is 9.01. The van der Waals surface area contributed by atoms with E-state index in [2.05, 4.69) is 38.8 Å². The second-order valence-electron chi connectivity index (χ2n) is 6.55. The molecule has 0 unspecified atom stereocenters. The van der Waals surface area contributed by atoms with Crippen LogP contribution in [0, 0.1) is 6.92 Å². The standard InChI is InChI=1S/C21H29NO2Si/c1-6-25(7-2,8-3)20-14-16(4)13-17(21(20)23)15-22-18-9-11-19(24-5)12-10-18/h9-15,23H,6-8H2,1-5H3. The van der Waals surface area contributed by atoms with Gasteiger partial charge >= 0.3 is 0 Å². The van der Waals surface area contributed by atoms with Gasteiger partial charge in [0.25, 0.3) is 0 Å². The van der Waals surface area contributed by atoms with Crippen LogP contribution in [0.1, 0.15) is 31.9 Å². The predicted molar refractivity (Wildman–Crippen MR) is 110 cm³/mol. The number of ether oxygens (including phenoxy) is 1. The molecule has 2 aromatic carbocycles. The first-order valence-corrected chi connectivity index (χ1v) is 11.6. The smallest absolute Gasteiger partial charge is 0.123 e. The molecule has 0 saturated heterocycles. The Morgan fingerprint density at radius 2 is 1.64 bits per heavy atom. The number of aryl methyl sites for hydroxylation is 1. The van der Waals surface area contributed by atoms with Gasteiger partial charge in [-0.05, 0) is 42.4 Å². The molecule has 0 aliphatic carbocycles. The first kappa shape index (κ1) is 19.3. The van der Waals surface area contributed by atoms with Gasteiger partial charge in [0.1, 0.15) is 11.5 Å². The van der Waals surface area contributed by atoms with Gasteiger partial charge in [-0.1, -0.05) is 50.5 Å². The summed E-state index contributed by atoms with van der Waals surface area (Å²) in [6.07, 6.45) is 1.77. The van der Waals surface area contributed by atoms with Crippen molar-refractivity contribution in [2.24, 2.45) is 4.99 Å². The maximum atomic E-state index is 10.9. The molecule has 0 radical (unpaired) electrons. The molecule has 3 nitrogen and oxygen atoms in total. The summed E-state index contributed by atoms with van der Waals surface area (Å²) in [6, 6.07) is 15.2. The molecule has 0 bridgehead atoms. The van der Waals surface area contributed by atoms with Gasteiger partial charge < -0.3 is 9.84 Å². The highest BCUT2D eigenvalue weighted by atomic mass is 28.3. The quantitative estimate of drug-likeness (QED) is 0.549. The van der Waals surface area contributed by atoms with Crippen molar-refractivity contribution in [2.45, 2.75) is 45.8 Å². The number of phenolic OH excluding ortho intramolecular Hbond substituents is 1. The van der Waals surface area contributed by atoms with Crippen molar-refractivity contribution in [1.82, 2.24) is 0 Å². The van der Waals surface area contributed by atoms with Crippen LogP contribution in [0.4, 0.5) is 5.69 Å². The molecule has 0 aliphatic rings. The van der Waals surface area contributed by atoms with E-state index in [1.54, 1.807) is 13.3 Å². The largest absolute Gasteiger partial charge is 0.507 e. The SMILES string of the molecule is CC[Si](CC)(CC)c1cc(C)cc(C=Nc2ccc(OC)cc2)c1O. The summed E-state index contributed by atoms with van der Waals surface area (Å²) in [7, 11) is -0.00100. The Balaban J connectivity index is 2.43. The highest BCUT2D eigenvalue weighted by Crippen LogP contribution is 2.27. The van der Waals surface area contributed by atoms with Crippen molar-refractivity contribution in [3.05, 3.63) is 47.5 Å². The number of methoxy groups -OCH3 is 1. The lowest BCUT2D eigenvalue weighted by Crippen LogP contribution is -2.46. The highest BCUT2D eigenvalue weighted by Gasteiger charge is 2.32. The molecular weight excluding hydrogens is 326 g/mol. The molecule has 0 spiro atoms. The van der Waals surface area contributed by atoms with Crippen molar-refractivity contribution in [1.29, 1.82) is 0 Å². The third-order valence-electron chi connectivity index (χ3n) is 5.31. The molecular formula is C21H29NO2Si. The molecule has 134 valence electrons. The number of benzene rings is 2. The number of aliphatic imine (C=N–C) groups is 1. The Hall–Kier alpha value is -2.07. The molecule has 0 heterocycles. The lowest BCUT2D eigenvalue weighted by atomic mass is 10.1. The Bertz CT molecular complexity index is 726. The van der Waals surface area contributed by atoms with Crippen LogP contribution in [0.3, 0.4) is 0 Å². The van der Waals surface area contributed by atoms with Crippen LogP contribution in [0.2, 0.25) is 18.1 Å². The van der Waals surface area contributed by atoms with Crippen LogP contribution < -0.4 is 9.92 Å². The third kappa shape index (κ3) is 4.13. The Labute approximate surface area is 152 Å². The molecule has 4 heteroatoms. The van der Waals surface area contributed by atoms with Gasteiger partial charge in [0, 0.05) is 11.8 Å². The van der Waals surface area contributed by atoms with Gasteiger partial charge in [-0.3, -0.25) is 4.99 Å². The molecule has 0 fully saturated rings. The van der Waals surface area contributed by atoms with Gasteiger partial charge in [0.15, 0.2) is 0 Å². The van der Waals surface area contributed by atoms with Crippen molar-refractivity contribution < 1.29 is 9.84 Å².